The third-order valence-corrected chi connectivity index (χ3v) is 5.60. The molecule has 0 spiro atoms. The van der Waals surface area contributed by atoms with Crippen LogP contribution >= 0.6 is 15.9 Å². The van der Waals surface area contributed by atoms with Gasteiger partial charge >= 0.3 is 0 Å². The standard InChI is InChI=1S/C23H22BrNO3/c1-3-27-20-12-15(11-19(24)23(20)28-4-2)18-13-21(26)25-22-16-8-6-5-7-14(16)9-10-17(18)22/h5-12,18H,3-4,13H2,1-2H3,(H,25,26). The fraction of sp³-hybridized carbons (Fsp3) is 0.261. The van der Waals surface area contributed by atoms with E-state index in [1.165, 1.54) is 0 Å². The predicted molar refractivity (Wildman–Crippen MR) is 116 cm³/mol. The van der Waals surface area contributed by atoms with Gasteiger partial charge in [-0.1, -0.05) is 36.4 Å². The van der Waals surface area contributed by atoms with Crippen molar-refractivity contribution in [3.05, 3.63) is 64.1 Å². The molecule has 0 saturated carbocycles. The fourth-order valence-corrected chi connectivity index (χ4v) is 4.41. The number of amides is 1. The Morgan fingerprint density at radius 3 is 2.64 bits per heavy atom. The molecular formula is C23H22BrNO3. The van der Waals surface area contributed by atoms with Gasteiger partial charge in [0, 0.05) is 17.7 Å². The summed E-state index contributed by atoms with van der Waals surface area (Å²) in [5, 5.41) is 5.26. The van der Waals surface area contributed by atoms with E-state index in [-0.39, 0.29) is 11.8 Å². The lowest BCUT2D eigenvalue weighted by molar-refractivity contribution is -0.116. The summed E-state index contributed by atoms with van der Waals surface area (Å²) in [6, 6.07) is 16.4. The maximum atomic E-state index is 12.5. The molecule has 3 aromatic carbocycles. The van der Waals surface area contributed by atoms with E-state index in [1.54, 1.807) is 0 Å². The molecule has 0 aromatic heterocycles. The van der Waals surface area contributed by atoms with Crippen LogP contribution in [-0.4, -0.2) is 19.1 Å². The minimum Gasteiger partial charge on any atom is -0.490 e. The second-order valence-electron chi connectivity index (χ2n) is 6.75. The van der Waals surface area contributed by atoms with Gasteiger partial charge in [-0.25, -0.2) is 0 Å². The molecule has 1 heterocycles. The highest BCUT2D eigenvalue weighted by atomic mass is 79.9. The molecule has 1 atom stereocenters. The topological polar surface area (TPSA) is 47.6 Å². The zero-order valence-electron chi connectivity index (χ0n) is 15.9. The number of halogens is 1. The zero-order valence-corrected chi connectivity index (χ0v) is 17.5. The van der Waals surface area contributed by atoms with E-state index in [2.05, 4.69) is 45.5 Å². The van der Waals surface area contributed by atoms with Gasteiger partial charge in [-0.05, 0) is 58.4 Å². The smallest absolute Gasteiger partial charge is 0.225 e. The number of hydrogen-bond donors (Lipinski definition) is 1. The van der Waals surface area contributed by atoms with Gasteiger partial charge in [-0.2, -0.15) is 0 Å². The fourth-order valence-electron chi connectivity index (χ4n) is 3.84. The molecule has 5 heteroatoms. The largest absolute Gasteiger partial charge is 0.490 e. The quantitative estimate of drug-likeness (QED) is 0.540. The molecule has 0 bridgehead atoms. The number of ether oxygens (including phenoxy) is 2. The lowest BCUT2D eigenvalue weighted by Crippen LogP contribution is -2.23. The minimum atomic E-state index is -0.0421. The maximum Gasteiger partial charge on any atom is 0.225 e. The number of fused-ring (bicyclic) bond motifs is 3. The average molecular weight is 440 g/mol. The number of rotatable bonds is 5. The molecule has 0 aliphatic carbocycles. The second-order valence-corrected chi connectivity index (χ2v) is 7.61. The van der Waals surface area contributed by atoms with Crippen molar-refractivity contribution >= 4 is 38.3 Å². The van der Waals surface area contributed by atoms with E-state index in [1.807, 2.05) is 38.1 Å². The number of benzene rings is 3. The first-order valence-corrected chi connectivity index (χ1v) is 10.3. The molecule has 1 aliphatic heterocycles. The highest BCUT2D eigenvalue weighted by Crippen LogP contribution is 2.45. The van der Waals surface area contributed by atoms with Gasteiger partial charge in [0.05, 0.1) is 23.4 Å². The van der Waals surface area contributed by atoms with Crippen molar-refractivity contribution in [1.29, 1.82) is 0 Å². The monoisotopic (exact) mass is 439 g/mol. The van der Waals surface area contributed by atoms with Crippen LogP contribution in [-0.2, 0) is 4.79 Å². The maximum absolute atomic E-state index is 12.5. The van der Waals surface area contributed by atoms with Gasteiger partial charge in [-0.15, -0.1) is 0 Å². The molecule has 4 nitrogen and oxygen atoms in total. The molecule has 144 valence electrons. The van der Waals surface area contributed by atoms with Crippen molar-refractivity contribution in [2.45, 2.75) is 26.2 Å². The average Bonchev–Trinajstić information content (AvgIpc) is 2.70. The third kappa shape index (κ3) is 3.35. The Kier molecular flexibility index (Phi) is 5.27. The van der Waals surface area contributed by atoms with Crippen LogP contribution in [0.3, 0.4) is 0 Å². The van der Waals surface area contributed by atoms with Crippen molar-refractivity contribution in [3.8, 4) is 11.5 Å². The van der Waals surface area contributed by atoms with Crippen molar-refractivity contribution in [2.75, 3.05) is 18.5 Å². The number of anilines is 1. The first-order valence-electron chi connectivity index (χ1n) is 9.52. The van der Waals surface area contributed by atoms with Crippen LogP contribution in [0.15, 0.2) is 53.0 Å². The van der Waals surface area contributed by atoms with Crippen molar-refractivity contribution in [1.82, 2.24) is 0 Å². The predicted octanol–water partition coefficient (Wildman–Crippen LogP) is 5.87. The van der Waals surface area contributed by atoms with E-state index in [9.17, 15) is 4.79 Å². The Morgan fingerprint density at radius 2 is 1.86 bits per heavy atom. The number of carbonyl (C=O) groups is 1. The third-order valence-electron chi connectivity index (χ3n) is 5.01. The molecule has 1 amide bonds. The van der Waals surface area contributed by atoms with Crippen molar-refractivity contribution < 1.29 is 14.3 Å². The van der Waals surface area contributed by atoms with Crippen LogP contribution in [0, 0.1) is 0 Å². The van der Waals surface area contributed by atoms with Crippen LogP contribution in [0.1, 0.15) is 37.3 Å². The summed E-state index contributed by atoms with van der Waals surface area (Å²) in [7, 11) is 0. The summed E-state index contributed by atoms with van der Waals surface area (Å²) in [5.74, 6) is 1.38. The summed E-state index contributed by atoms with van der Waals surface area (Å²) in [6.45, 7) is 5.00. The molecule has 0 fully saturated rings. The molecule has 1 unspecified atom stereocenters. The molecule has 28 heavy (non-hydrogen) atoms. The zero-order chi connectivity index (χ0) is 19.7. The number of nitrogens with one attached hydrogen (secondary N) is 1. The van der Waals surface area contributed by atoms with Crippen LogP contribution in [0.5, 0.6) is 11.5 Å². The number of hydrogen-bond acceptors (Lipinski definition) is 3. The van der Waals surface area contributed by atoms with Gasteiger partial charge in [0.2, 0.25) is 5.91 Å². The highest BCUT2D eigenvalue weighted by Gasteiger charge is 2.29. The van der Waals surface area contributed by atoms with E-state index in [0.717, 1.165) is 32.1 Å². The summed E-state index contributed by atoms with van der Waals surface area (Å²) >= 11 is 3.62. The van der Waals surface area contributed by atoms with Crippen LogP contribution in [0.4, 0.5) is 5.69 Å². The number of carbonyl (C=O) groups excluding carboxylic acids is 1. The van der Waals surface area contributed by atoms with E-state index in [4.69, 9.17) is 9.47 Å². The van der Waals surface area contributed by atoms with Gasteiger partial charge < -0.3 is 14.8 Å². The van der Waals surface area contributed by atoms with E-state index < -0.39 is 0 Å². The lowest BCUT2D eigenvalue weighted by atomic mass is 9.83. The minimum absolute atomic E-state index is 0.0248. The van der Waals surface area contributed by atoms with E-state index in [0.29, 0.717) is 31.1 Å². The first kappa shape index (κ1) is 18.8. The van der Waals surface area contributed by atoms with Gasteiger partial charge in [0.1, 0.15) is 0 Å². The molecular weight excluding hydrogens is 418 g/mol. The van der Waals surface area contributed by atoms with Crippen LogP contribution in [0.25, 0.3) is 10.8 Å². The molecule has 4 rings (SSSR count). The van der Waals surface area contributed by atoms with Gasteiger partial charge in [0.15, 0.2) is 11.5 Å². The van der Waals surface area contributed by atoms with Crippen LogP contribution < -0.4 is 14.8 Å². The summed E-state index contributed by atoms with van der Waals surface area (Å²) < 4.78 is 12.4. The van der Waals surface area contributed by atoms with Gasteiger partial charge in [-0.3, -0.25) is 4.79 Å². The molecule has 3 aromatic rings. The van der Waals surface area contributed by atoms with Crippen molar-refractivity contribution in [3.63, 3.8) is 0 Å². The summed E-state index contributed by atoms with van der Waals surface area (Å²) in [5.41, 5.74) is 3.06. The normalized spacial score (nSPS) is 15.8. The van der Waals surface area contributed by atoms with Gasteiger partial charge in [0.25, 0.3) is 0 Å². The summed E-state index contributed by atoms with van der Waals surface area (Å²) in [6.07, 6.45) is 0.400. The van der Waals surface area contributed by atoms with Crippen LogP contribution in [0.2, 0.25) is 0 Å². The molecule has 1 N–H and O–H groups in total. The summed E-state index contributed by atoms with van der Waals surface area (Å²) in [4.78, 5) is 12.5. The first-order chi connectivity index (χ1) is 13.6. The second kappa shape index (κ2) is 7.84. The Morgan fingerprint density at radius 1 is 1.07 bits per heavy atom. The lowest BCUT2D eigenvalue weighted by Gasteiger charge is -2.28. The Balaban J connectivity index is 1.86. The molecule has 0 radical (unpaired) electrons. The molecule has 0 saturated heterocycles. The Hall–Kier alpha value is -2.53. The Bertz CT molecular complexity index is 1050. The van der Waals surface area contributed by atoms with E-state index >= 15 is 0 Å². The highest BCUT2D eigenvalue weighted by molar-refractivity contribution is 9.10. The Labute approximate surface area is 173 Å². The van der Waals surface area contributed by atoms with Crippen molar-refractivity contribution in [2.24, 2.45) is 0 Å². The SMILES string of the molecule is CCOc1cc(C2CC(=O)Nc3c2ccc2ccccc32)cc(Br)c1OCC. The molecule has 1 aliphatic rings.